The summed E-state index contributed by atoms with van der Waals surface area (Å²) in [6.07, 6.45) is 0. The van der Waals surface area contributed by atoms with Crippen molar-refractivity contribution in [3.8, 4) is 0 Å². The van der Waals surface area contributed by atoms with Crippen LogP contribution in [0.5, 0.6) is 0 Å². The summed E-state index contributed by atoms with van der Waals surface area (Å²) in [5.74, 6) is -1.59. The molecule has 0 amide bonds. The van der Waals surface area contributed by atoms with Crippen LogP contribution in [-0.2, 0) is 0 Å². The summed E-state index contributed by atoms with van der Waals surface area (Å²) >= 11 is 0. The predicted octanol–water partition coefficient (Wildman–Crippen LogP) is 3.65. The van der Waals surface area contributed by atoms with Crippen LogP contribution < -0.4 is 5.32 Å². The molecule has 112 valence electrons. The number of rotatable bonds is 4. The second-order valence-electron chi connectivity index (χ2n) is 4.64. The highest BCUT2D eigenvalue weighted by Gasteiger charge is 2.25. The van der Waals surface area contributed by atoms with Gasteiger partial charge in [0.2, 0.25) is 5.82 Å². The first-order chi connectivity index (χ1) is 9.81. The highest BCUT2D eigenvalue weighted by molar-refractivity contribution is 5.63. The van der Waals surface area contributed by atoms with Crippen LogP contribution in [0.15, 0.2) is 16.7 Å². The van der Waals surface area contributed by atoms with Gasteiger partial charge >= 0.3 is 5.69 Å². The molecule has 0 aliphatic rings. The zero-order chi connectivity index (χ0) is 15.7. The molecule has 1 aromatic carbocycles. The Bertz CT molecular complexity index is 681. The Balaban J connectivity index is 2.42. The highest BCUT2D eigenvalue weighted by atomic mass is 19.1. The molecule has 0 spiro atoms. The monoisotopic (exact) mass is 297 g/mol. The van der Waals surface area contributed by atoms with Crippen LogP contribution in [0.3, 0.4) is 0 Å². The van der Waals surface area contributed by atoms with Crippen molar-refractivity contribution in [2.75, 3.05) is 5.32 Å². The molecule has 1 atom stereocenters. The van der Waals surface area contributed by atoms with Gasteiger partial charge in [0.1, 0.15) is 17.3 Å². The van der Waals surface area contributed by atoms with Crippen LogP contribution in [0.2, 0.25) is 0 Å². The van der Waals surface area contributed by atoms with Crippen molar-refractivity contribution in [3.05, 3.63) is 50.9 Å². The topological polar surface area (TPSA) is 81.2 Å². The number of benzene rings is 1. The summed E-state index contributed by atoms with van der Waals surface area (Å²) < 4.78 is 31.9. The molecule has 8 heteroatoms. The summed E-state index contributed by atoms with van der Waals surface area (Å²) in [6, 6.07) is 0.899. The average Bonchev–Trinajstić information content (AvgIpc) is 2.67. The molecule has 21 heavy (non-hydrogen) atoms. The summed E-state index contributed by atoms with van der Waals surface area (Å²) in [5.41, 5.74) is 0.265. The molecule has 1 N–H and O–H groups in total. The number of nitro benzene ring substituents is 1. The van der Waals surface area contributed by atoms with E-state index in [2.05, 4.69) is 10.5 Å². The smallest absolute Gasteiger partial charge is 0.327 e. The molecule has 0 radical (unpaired) electrons. The highest BCUT2D eigenvalue weighted by Crippen LogP contribution is 2.33. The van der Waals surface area contributed by atoms with Crippen molar-refractivity contribution < 1.29 is 18.2 Å². The molecular formula is C13H13F2N3O3. The van der Waals surface area contributed by atoms with Crippen LogP contribution in [0, 0.1) is 35.6 Å². The van der Waals surface area contributed by atoms with Gasteiger partial charge in [-0.15, -0.1) is 0 Å². The largest absolute Gasteiger partial charge is 0.373 e. The van der Waals surface area contributed by atoms with Crippen LogP contribution in [-0.4, -0.2) is 10.1 Å². The van der Waals surface area contributed by atoms with Crippen LogP contribution >= 0.6 is 0 Å². The standard InChI is InChI=1S/C13H13F2N3O3/c1-6(12-7(2)17-21-8(12)3)16-11-5-9(14)4-10(15)13(11)18(19)20/h4-6,16H,1-3H3. The Labute approximate surface area is 118 Å². The second kappa shape index (κ2) is 5.47. The second-order valence-corrected chi connectivity index (χ2v) is 4.64. The van der Waals surface area contributed by atoms with Gasteiger partial charge < -0.3 is 9.84 Å². The normalized spacial score (nSPS) is 12.2. The zero-order valence-corrected chi connectivity index (χ0v) is 11.6. The number of aromatic nitrogens is 1. The lowest BCUT2D eigenvalue weighted by Gasteiger charge is -2.15. The molecule has 0 bridgehead atoms. The Morgan fingerprint density at radius 1 is 1.38 bits per heavy atom. The summed E-state index contributed by atoms with van der Waals surface area (Å²) in [5, 5.41) is 17.4. The number of hydrogen-bond acceptors (Lipinski definition) is 5. The van der Waals surface area contributed by atoms with Crippen molar-refractivity contribution in [1.29, 1.82) is 0 Å². The van der Waals surface area contributed by atoms with Crippen molar-refractivity contribution in [3.63, 3.8) is 0 Å². The summed E-state index contributed by atoms with van der Waals surface area (Å²) in [7, 11) is 0. The van der Waals surface area contributed by atoms with Crippen molar-refractivity contribution >= 4 is 11.4 Å². The van der Waals surface area contributed by atoms with Gasteiger partial charge in [-0.1, -0.05) is 5.16 Å². The fraction of sp³-hybridized carbons (Fsp3) is 0.308. The first kappa shape index (κ1) is 14.9. The van der Waals surface area contributed by atoms with Crippen molar-refractivity contribution in [1.82, 2.24) is 5.16 Å². The van der Waals surface area contributed by atoms with E-state index in [4.69, 9.17) is 4.52 Å². The molecule has 0 aliphatic carbocycles. The third-order valence-electron chi connectivity index (χ3n) is 3.10. The number of anilines is 1. The quantitative estimate of drug-likeness (QED) is 0.688. The number of nitrogens with zero attached hydrogens (tertiary/aromatic N) is 2. The van der Waals surface area contributed by atoms with E-state index in [-0.39, 0.29) is 5.69 Å². The first-order valence-electron chi connectivity index (χ1n) is 6.14. The minimum atomic E-state index is -1.23. The Kier molecular flexibility index (Phi) is 3.88. The van der Waals surface area contributed by atoms with E-state index in [1.807, 2.05) is 0 Å². The molecule has 1 unspecified atom stereocenters. The molecule has 0 fully saturated rings. The van der Waals surface area contributed by atoms with E-state index in [0.29, 0.717) is 23.1 Å². The van der Waals surface area contributed by atoms with Gasteiger partial charge in [-0.05, 0) is 20.8 Å². The summed E-state index contributed by atoms with van der Waals surface area (Å²) in [4.78, 5) is 10.0. The average molecular weight is 297 g/mol. The van der Waals surface area contributed by atoms with Crippen LogP contribution in [0.4, 0.5) is 20.2 Å². The van der Waals surface area contributed by atoms with Gasteiger partial charge in [0.15, 0.2) is 0 Å². The maximum Gasteiger partial charge on any atom is 0.327 e. The fourth-order valence-electron chi connectivity index (χ4n) is 2.28. The fourth-order valence-corrected chi connectivity index (χ4v) is 2.28. The minimum absolute atomic E-state index is 0.231. The predicted molar refractivity (Wildman–Crippen MR) is 71.0 cm³/mol. The molecule has 1 aromatic heterocycles. The summed E-state index contributed by atoms with van der Waals surface area (Å²) in [6.45, 7) is 5.09. The van der Waals surface area contributed by atoms with Gasteiger partial charge in [-0.25, -0.2) is 4.39 Å². The van der Waals surface area contributed by atoms with Gasteiger partial charge in [-0.3, -0.25) is 10.1 Å². The molecule has 6 nitrogen and oxygen atoms in total. The first-order valence-corrected chi connectivity index (χ1v) is 6.14. The molecule has 0 aliphatic heterocycles. The van der Waals surface area contributed by atoms with E-state index in [0.717, 1.165) is 6.07 Å². The molecule has 2 aromatic rings. The number of aryl methyl sites for hydroxylation is 2. The molecule has 2 rings (SSSR count). The zero-order valence-electron chi connectivity index (χ0n) is 11.6. The lowest BCUT2D eigenvalue weighted by Crippen LogP contribution is -2.11. The van der Waals surface area contributed by atoms with Gasteiger partial charge in [0, 0.05) is 17.7 Å². The van der Waals surface area contributed by atoms with Gasteiger partial charge in [0.05, 0.1) is 16.7 Å². The van der Waals surface area contributed by atoms with E-state index < -0.39 is 28.3 Å². The molecule has 1 heterocycles. The van der Waals surface area contributed by atoms with Crippen molar-refractivity contribution in [2.24, 2.45) is 0 Å². The number of nitro groups is 1. The lowest BCUT2D eigenvalue weighted by atomic mass is 10.1. The SMILES string of the molecule is Cc1noc(C)c1C(C)Nc1cc(F)cc(F)c1[N+](=O)[O-]. The van der Waals surface area contributed by atoms with Crippen molar-refractivity contribution in [2.45, 2.75) is 26.8 Å². The van der Waals surface area contributed by atoms with Gasteiger partial charge in [-0.2, -0.15) is 4.39 Å². The molecule has 0 saturated carbocycles. The van der Waals surface area contributed by atoms with E-state index in [9.17, 15) is 18.9 Å². The maximum absolute atomic E-state index is 13.6. The Morgan fingerprint density at radius 2 is 2.05 bits per heavy atom. The molecular weight excluding hydrogens is 284 g/mol. The Morgan fingerprint density at radius 3 is 2.57 bits per heavy atom. The lowest BCUT2D eigenvalue weighted by molar-refractivity contribution is -0.386. The number of halogens is 2. The van der Waals surface area contributed by atoms with E-state index in [1.54, 1.807) is 20.8 Å². The van der Waals surface area contributed by atoms with E-state index in [1.165, 1.54) is 0 Å². The van der Waals surface area contributed by atoms with Gasteiger partial charge in [0.25, 0.3) is 0 Å². The number of hydrogen-bond donors (Lipinski definition) is 1. The minimum Gasteiger partial charge on any atom is -0.373 e. The van der Waals surface area contributed by atoms with Crippen LogP contribution in [0.1, 0.15) is 30.0 Å². The van der Waals surface area contributed by atoms with E-state index >= 15 is 0 Å². The number of nitrogens with one attached hydrogen (secondary N) is 1. The third kappa shape index (κ3) is 2.83. The molecule has 0 saturated heterocycles. The maximum atomic E-state index is 13.6. The Hall–Kier alpha value is -2.51. The van der Waals surface area contributed by atoms with Crippen LogP contribution in [0.25, 0.3) is 0 Å². The third-order valence-corrected chi connectivity index (χ3v) is 3.10.